The molecule has 106 valence electrons. The molecule has 0 aliphatic carbocycles. The largest absolute Gasteiger partial charge is 0.409 e. The number of thioether (sulfide) groups is 1. The van der Waals surface area contributed by atoms with Crippen LogP contribution in [0.1, 0.15) is 19.3 Å². The van der Waals surface area contributed by atoms with Gasteiger partial charge in [-0.15, -0.1) is 5.10 Å². The maximum Gasteiger partial charge on any atom is 0.214 e. The third-order valence-corrected chi connectivity index (χ3v) is 3.63. The Labute approximate surface area is 120 Å². The number of rotatable bonds is 7. The SMILES string of the molecule is NC(CCCCSc1nnnn1-c1ccccc1)=NO. The van der Waals surface area contributed by atoms with E-state index >= 15 is 0 Å². The minimum absolute atomic E-state index is 0.268. The van der Waals surface area contributed by atoms with Gasteiger partial charge in [0, 0.05) is 12.2 Å². The molecule has 0 aliphatic rings. The lowest BCUT2D eigenvalue weighted by molar-refractivity contribution is 0.316. The van der Waals surface area contributed by atoms with Crippen molar-refractivity contribution in [1.29, 1.82) is 0 Å². The highest BCUT2D eigenvalue weighted by molar-refractivity contribution is 7.99. The number of oxime groups is 1. The summed E-state index contributed by atoms with van der Waals surface area (Å²) >= 11 is 1.59. The lowest BCUT2D eigenvalue weighted by atomic mass is 10.2. The van der Waals surface area contributed by atoms with E-state index in [9.17, 15) is 0 Å². The molecule has 0 unspecified atom stereocenters. The van der Waals surface area contributed by atoms with Crippen molar-refractivity contribution in [3.8, 4) is 5.69 Å². The van der Waals surface area contributed by atoms with Gasteiger partial charge in [-0.3, -0.25) is 0 Å². The number of amidine groups is 1. The predicted octanol–water partition coefficient (Wildman–Crippen LogP) is 1.67. The average Bonchev–Trinajstić information content (AvgIpc) is 2.96. The van der Waals surface area contributed by atoms with Crippen molar-refractivity contribution in [1.82, 2.24) is 20.2 Å². The smallest absolute Gasteiger partial charge is 0.214 e. The average molecular weight is 292 g/mol. The molecule has 20 heavy (non-hydrogen) atoms. The van der Waals surface area contributed by atoms with Crippen molar-refractivity contribution < 1.29 is 5.21 Å². The van der Waals surface area contributed by atoms with Gasteiger partial charge in [0.25, 0.3) is 0 Å². The molecular weight excluding hydrogens is 276 g/mol. The van der Waals surface area contributed by atoms with Gasteiger partial charge in [0.15, 0.2) is 0 Å². The molecule has 2 rings (SSSR count). The number of nitrogens with zero attached hydrogens (tertiary/aromatic N) is 5. The lowest BCUT2D eigenvalue weighted by Crippen LogP contribution is -2.10. The third-order valence-electron chi connectivity index (χ3n) is 2.63. The summed E-state index contributed by atoms with van der Waals surface area (Å²) in [6.45, 7) is 0. The molecule has 1 aromatic carbocycles. The van der Waals surface area contributed by atoms with Crippen molar-refractivity contribution >= 4 is 17.6 Å². The van der Waals surface area contributed by atoms with Gasteiger partial charge in [-0.25, -0.2) is 0 Å². The van der Waals surface area contributed by atoms with E-state index in [1.165, 1.54) is 0 Å². The van der Waals surface area contributed by atoms with E-state index in [1.807, 2.05) is 30.3 Å². The van der Waals surface area contributed by atoms with Crippen LogP contribution in [0.3, 0.4) is 0 Å². The van der Waals surface area contributed by atoms with E-state index in [1.54, 1.807) is 16.4 Å². The van der Waals surface area contributed by atoms with Crippen LogP contribution < -0.4 is 5.73 Å². The number of tetrazole rings is 1. The third kappa shape index (κ3) is 3.95. The summed E-state index contributed by atoms with van der Waals surface area (Å²) < 4.78 is 1.72. The number of unbranched alkanes of at least 4 members (excludes halogenated alkanes) is 1. The number of para-hydroxylation sites is 1. The van der Waals surface area contributed by atoms with Gasteiger partial charge in [0.2, 0.25) is 5.16 Å². The van der Waals surface area contributed by atoms with Gasteiger partial charge in [-0.05, 0) is 35.4 Å². The van der Waals surface area contributed by atoms with Crippen molar-refractivity contribution in [3.05, 3.63) is 30.3 Å². The van der Waals surface area contributed by atoms with Crippen molar-refractivity contribution in [2.24, 2.45) is 10.9 Å². The van der Waals surface area contributed by atoms with Crippen molar-refractivity contribution in [2.75, 3.05) is 5.75 Å². The van der Waals surface area contributed by atoms with Gasteiger partial charge in [0.1, 0.15) is 5.84 Å². The van der Waals surface area contributed by atoms with E-state index in [0.29, 0.717) is 6.42 Å². The van der Waals surface area contributed by atoms with E-state index in [0.717, 1.165) is 29.4 Å². The Morgan fingerprint density at radius 1 is 1.30 bits per heavy atom. The zero-order valence-electron chi connectivity index (χ0n) is 10.9. The number of nitrogens with two attached hydrogens (primary N) is 1. The minimum Gasteiger partial charge on any atom is -0.409 e. The highest BCUT2D eigenvalue weighted by Gasteiger charge is 2.08. The topological polar surface area (TPSA) is 102 Å². The highest BCUT2D eigenvalue weighted by atomic mass is 32.2. The Bertz CT molecular complexity index is 556. The number of hydrogen-bond acceptors (Lipinski definition) is 6. The highest BCUT2D eigenvalue weighted by Crippen LogP contribution is 2.19. The number of aromatic nitrogens is 4. The summed E-state index contributed by atoms with van der Waals surface area (Å²) in [5, 5.41) is 23.9. The van der Waals surface area contributed by atoms with Gasteiger partial charge in [0.05, 0.1) is 5.69 Å². The second-order valence-electron chi connectivity index (χ2n) is 4.11. The molecule has 7 nitrogen and oxygen atoms in total. The molecule has 2 aromatic rings. The van der Waals surface area contributed by atoms with Crippen molar-refractivity contribution in [2.45, 2.75) is 24.4 Å². The molecule has 0 saturated heterocycles. The maximum atomic E-state index is 8.43. The predicted molar refractivity (Wildman–Crippen MR) is 77.1 cm³/mol. The molecule has 0 bridgehead atoms. The first-order valence-electron chi connectivity index (χ1n) is 6.24. The van der Waals surface area contributed by atoms with E-state index in [4.69, 9.17) is 10.9 Å². The zero-order chi connectivity index (χ0) is 14.2. The number of benzene rings is 1. The van der Waals surface area contributed by atoms with Crippen LogP contribution in [0.15, 0.2) is 40.6 Å². The summed E-state index contributed by atoms with van der Waals surface area (Å²) in [5.41, 5.74) is 6.35. The molecule has 8 heteroatoms. The van der Waals surface area contributed by atoms with Crippen LogP contribution in [-0.2, 0) is 0 Å². The first-order valence-corrected chi connectivity index (χ1v) is 7.23. The summed E-state index contributed by atoms with van der Waals surface area (Å²) in [4.78, 5) is 0. The summed E-state index contributed by atoms with van der Waals surface area (Å²) in [7, 11) is 0. The molecule has 0 spiro atoms. The second-order valence-corrected chi connectivity index (χ2v) is 5.17. The molecule has 0 saturated carbocycles. The normalized spacial score (nSPS) is 11.7. The molecule has 0 amide bonds. The summed E-state index contributed by atoms with van der Waals surface area (Å²) in [6.07, 6.45) is 2.42. The molecule has 1 aromatic heterocycles. The van der Waals surface area contributed by atoms with E-state index < -0.39 is 0 Å². The molecule has 1 heterocycles. The van der Waals surface area contributed by atoms with E-state index in [2.05, 4.69) is 20.7 Å². The molecule has 3 N–H and O–H groups in total. The molecule has 0 atom stereocenters. The molecule has 0 radical (unpaired) electrons. The van der Waals surface area contributed by atoms with Gasteiger partial charge in [-0.1, -0.05) is 35.1 Å². The summed E-state index contributed by atoms with van der Waals surface area (Å²) in [6, 6.07) is 9.76. The van der Waals surface area contributed by atoms with Gasteiger partial charge < -0.3 is 10.9 Å². The first kappa shape index (κ1) is 14.3. The Balaban J connectivity index is 1.84. The Morgan fingerprint density at radius 2 is 2.10 bits per heavy atom. The number of hydrogen-bond donors (Lipinski definition) is 2. The molecule has 0 aliphatic heterocycles. The van der Waals surface area contributed by atoms with Crippen LogP contribution in [0.4, 0.5) is 0 Å². The zero-order valence-corrected chi connectivity index (χ0v) is 11.7. The second kappa shape index (κ2) is 7.49. The van der Waals surface area contributed by atoms with Crippen LogP contribution in [0.5, 0.6) is 0 Å². The van der Waals surface area contributed by atoms with Crippen LogP contribution in [-0.4, -0.2) is 37.0 Å². The maximum absolute atomic E-state index is 8.43. The standard InChI is InChI=1S/C12H16N6OS/c13-11(15-19)8-4-5-9-20-12-14-16-17-18(12)10-6-2-1-3-7-10/h1-3,6-7,19H,4-5,8-9H2,(H2,13,15). The lowest BCUT2D eigenvalue weighted by Gasteiger charge is -2.03. The fraction of sp³-hybridized carbons (Fsp3) is 0.333. The van der Waals surface area contributed by atoms with Crippen molar-refractivity contribution in [3.63, 3.8) is 0 Å². The Morgan fingerprint density at radius 3 is 2.85 bits per heavy atom. The first-order chi connectivity index (χ1) is 9.81. The van der Waals surface area contributed by atoms with E-state index in [-0.39, 0.29) is 5.84 Å². The fourth-order valence-corrected chi connectivity index (χ4v) is 2.51. The quantitative estimate of drug-likeness (QED) is 0.201. The molecule has 0 fully saturated rings. The monoisotopic (exact) mass is 292 g/mol. The fourth-order valence-electron chi connectivity index (χ4n) is 1.62. The summed E-state index contributed by atoms with van der Waals surface area (Å²) in [5.74, 6) is 1.15. The van der Waals surface area contributed by atoms with Gasteiger partial charge >= 0.3 is 0 Å². The Kier molecular flexibility index (Phi) is 5.36. The van der Waals surface area contributed by atoms with Crippen LogP contribution >= 0.6 is 11.8 Å². The van der Waals surface area contributed by atoms with Crippen LogP contribution in [0.25, 0.3) is 5.69 Å². The Hall–Kier alpha value is -2.09. The molecular formula is C12H16N6OS. The minimum atomic E-state index is 0.268. The van der Waals surface area contributed by atoms with Crippen LogP contribution in [0.2, 0.25) is 0 Å². The van der Waals surface area contributed by atoms with Crippen LogP contribution in [0, 0.1) is 0 Å². The van der Waals surface area contributed by atoms with Gasteiger partial charge in [-0.2, -0.15) is 4.68 Å².